The van der Waals surface area contributed by atoms with E-state index in [0.717, 1.165) is 5.39 Å². The summed E-state index contributed by atoms with van der Waals surface area (Å²) in [5.41, 5.74) is 0.742. The summed E-state index contributed by atoms with van der Waals surface area (Å²) in [5.74, 6) is -1.49. The van der Waals surface area contributed by atoms with Crippen molar-refractivity contribution >= 4 is 10.9 Å². The second-order valence-corrected chi connectivity index (χ2v) is 5.76. The fourth-order valence-corrected chi connectivity index (χ4v) is 2.08. The molecule has 0 bridgehead atoms. The van der Waals surface area contributed by atoms with Crippen LogP contribution in [0.15, 0.2) is 18.3 Å². The van der Waals surface area contributed by atoms with Crippen LogP contribution in [0.5, 0.6) is 0 Å². The number of rotatable bonds is 1. The lowest BCUT2D eigenvalue weighted by Gasteiger charge is -2.20. The van der Waals surface area contributed by atoms with Gasteiger partial charge in [-0.3, -0.25) is 0 Å². The lowest BCUT2D eigenvalue weighted by Crippen LogP contribution is -2.15. The zero-order valence-electron chi connectivity index (χ0n) is 10.6. The lowest BCUT2D eigenvalue weighted by molar-refractivity contribution is 0.347. The van der Waals surface area contributed by atoms with Crippen LogP contribution in [0.4, 0.5) is 8.78 Å². The molecule has 92 valence electrons. The number of fused-ring (bicyclic) bond motifs is 1. The molecule has 1 nitrogen and oxygen atoms in total. The largest absolute Gasteiger partial charge is 0.344 e. The summed E-state index contributed by atoms with van der Waals surface area (Å²) in [6.45, 7) is 8.46. The number of aromatic nitrogens is 1. The molecule has 0 radical (unpaired) electrons. The molecule has 1 aromatic heterocycles. The highest BCUT2D eigenvalue weighted by molar-refractivity contribution is 5.81. The molecule has 0 aliphatic rings. The summed E-state index contributed by atoms with van der Waals surface area (Å²) in [4.78, 5) is 0. The quantitative estimate of drug-likeness (QED) is 0.698. The van der Waals surface area contributed by atoms with E-state index in [-0.39, 0.29) is 5.41 Å². The third-order valence-electron chi connectivity index (χ3n) is 2.76. The van der Waals surface area contributed by atoms with Crippen LogP contribution in [0.2, 0.25) is 0 Å². The number of hydrogen-bond donors (Lipinski definition) is 0. The molecular weight excluding hydrogens is 220 g/mol. The molecule has 17 heavy (non-hydrogen) atoms. The van der Waals surface area contributed by atoms with Crippen molar-refractivity contribution in [2.45, 2.75) is 34.2 Å². The van der Waals surface area contributed by atoms with Crippen molar-refractivity contribution in [1.82, 2.24) is 4.57 Å². The third kappa shape index (κ3) is 2.19. The summed E-state index contributed by atoms with van der Waals surface area (Å²) in [6, 6.07) is 3.52. The molecule has 0 amide bonds. The minimum atomic E-state index is -0.744. The molecular formula is C14H17F2N. The van der Waals surface area contributed by atoms with Crippen molar-refractivity contribution in [3.63, 3.8) is 0 Å². The van der Waals surface area contributed by atoms with Crippen molar-refractivity contribution in [3.05, 3.63) is 35.5 Å². The first kappa shape index (κ1) is 12.1. The number of halogens is 2. The van der Waals surface area contributed by atoms with Crippen molar-refractivity contribution in [3.8, 4) is 0 Å². The summed E-state index contributed by atoms with van der Waals surface area (Å²) in [7, 11) is 0. The predicted molar refractivity (Wildman–Crippen MR) is 66.0 cm³/mol. The van der Waals surface area contributed by atoms with Crippen molar-refractivity contribution < 1.29 is 8.78 Å². The van der Waals surface area contributed by atoms with E-state index in [1.54, 1.807) is 17.6 Å². The Labute approximate surface area is 100 Å². The Balaban J connectivity index is 2.64. The Morgan fingerprint density at radius 1 is 1.18 bits per heavy atom. The van der Waals surface area contributed by atoms with Crippen LogP contribution in [-0.4, -0.2) is 4.57 Å². The zero-order valence-corrected chi connectivity index (χ0v) is 10.6. The number of hydrogen-bond acceptors (Lipinski definition) is 0. The van der Waals surface area contributed by atoms with Crippen molar-refractivity contribution in [1.29, 1.82) is 0 Å². The molecule has 1 heterocycles. The topological polar surface area (TPSA) is 4.93 Å². The Bertz CT molecular complexity index is 562. The summed E-state index contributed by atoms with van der Waals surface area (Å²) >= 11 is 0. The molecule has 0 saturated heterocycles. The molecule has 0 aliphatic heterocycles. The lowest BCUT2D eigenvalue weighted by atomic mass is 9.97. The van der Waals surface area contributed by atoms with Gasteiger partial charge in [0.15, 0.2) is 11.6 Å². The molecule has 2 aromatic rings. The van der Waals surface area contributed by atoms with Crippen LogP contribution in [0.3, 0.4) is 0 Å². The van der Waals surface area contributed by atoms with Gasteiger partial charge in [-0.25, -0.2) is 8.78 Å². The zero-order chi connectivity index (χ0) is 12.8. The van der Waals surface area contributed by atoms with Crippen LogP contribution >= 0.6 is 0 Å². The fourth-order valence-electron chi connectivity index (χ4n) is 2.08. The average molecular weight is 237 g/mol. The van der Waals surface area contributed by atoms with E-state index >= 15 is 0 Å². The first-order chi connectivity index (χ1) is 7.79. The maximum absolute atomic E-state index is 13.9. The van der Waals surface area contributed by atoms with Gasteiger partial charge in [-0.05, 0) is 30.0 Å². The van der Waals surface area contributed by atoms with E-state index in [0.29, 0.717) is 17.6 Å². The smallest absolute Gasteiger partial charge is 0.183 e. The predicted octanol–water partition coefficient (Wildman–Crippen LogP) is 4.27. The van der Waals surface area contributed by atoms with E-state index in [4.69, 9.17) is 0 Å². The molecule has 3 heteroatoms. The maximum atomic E-state index is 13.9. The minimum absolute atomic E-state index is 0.0275. The highest BCUT2D eigenvalue weighted by Crippen LogP contribution is 2.27. The highest BCUT2D eigenvalue weighted by atomic mass is 19.2. The second kappa shape index (κ2) is 3.83. The summed E-state index contributed by atoms with van der Waals surface area (Å²) in [5, 5.41) is 0.755. The van der Waals surface area contributed by atoms with E-state index in [9.17, 15) is 8.78 Å². The van der Waals surface area contributed by atoms with E-state index in [1.807, 2.05) is 12.3 Å². The van der Waals surface area contributed by atoms with Crippen LogP contribution in [0.1, 0.15) is 26.3 Å². The summed E-state index contributed by atoms with van der Waals surface area (Å²) in [6.07, 6.45) is 1.82. The monoisotopic (exact) mass is 237 g/mol. The van der Waals surface area contributed by atoms with Crippen molar-refractivity contribution in [2.24, 2.45) is 5.41 Å². The van der Waals surface area contributed by atoms with Gasteiger partial charge in [0, 0.05) is 18.1 Å². The highest BCUT2D eigenvalue weighted by Gasteiger charge is 2.18. The fraction of sp³-hybridized carbons (Fsp3) is 0.429. The molecule has 0 N–H and O–H groups in total. The van der Waals surface area contributed by atoms with Gasteiger partial charge in [0.1, 0.15) is 0 Å². The molecule has 0 spiro atoms. The number of nitrogens with zero attached hydrogens (tertiary/aromatic N) is 1. The Morgan fingerprint density at radius 3 is 2.41 bits per heavy atom. The van der Waals surface area contributed by atoms with Crippen LogP contribution in [0.25, 0.3) is 10.9 Å². The maximum Gasteiger partial charge on any atom is 0.183 e. The third-order valence-corrected chi connectivity index (χ3v) is 2.76. The first-order valence-electron chi connectivity index (χ1n) is 5.73. The Kier molecular flexibility index (Phi) is 2.72. The summed E-state index contributed by atoms with van der Waals surface area (Å²) < 4.78 is 29.3. The SMILES string of the molecule is Cc1cc2ccn(CC(C)(C)C)c2c(F)c1F. The number of aryl methyl sites for hydroxylation is 1. The first-order valence-corrected chi connectivity index (χ1v) is 5.73. The molecule has 0 fully saturated rings. The van der Waals surface area contributed by atoms with Gasteiger partial charge in [-0.1, -0.05) is 20.8 Å². The second-order valence-electron chi connectivity index (χ2n) is 5.76. The standard InChI is InChI=1S/C14H17F2N/c1-9-7-10-5-6-17(8-14(2,3)4)13(10)12(16)11(9)15/h5-7H,8H2,1-4H3. The van der Waals surface area contributed by atoms with Crippen LogP contribution in [0, 0.1) is 24.0 Å². The Morgan fingerprint density at radius 2 is 1.82 bits per heavy atom. The van der Waals surface area contributed by atoms with Gasteiger partial charge in [-0.2, -0.15) is 0 Å². The van der Waals surface area contributed by atoms with Gasteiger partial charge in [0.05, 0.1) is 5.52 Å². The molecule has 1 aromatic carbocycles. The van der Waals surface area contributed by atoms with Crippen LogP contribution in [-0.2, 0) is 6.54 Å². The molecule has 2 rings (SSSR count). The van der Waals surface area contributed by atoms with Gasteiger partial charge >= 0.3 is 0 Å². The van der Waals surface area contributed by atoms with E-state index < -0.39 is 11.6 Å². The van der Waals surface area contributed by atoms with Gasteiger partial charge in [-0.15, -0.1) is 0 Å². The molecule has 0 saturated carbocycles. The normalized spacial score (nSPS) is 12.4. The minimum Gasteiger partial charge on any atom is -0.344 e. The number of benzene rings is 1. The average Bonchev–Trinajstić information content (AvgIpc) is 2.55. The van der Waals surface area contributed by atoms with E-state index in [1.165, 1.54) is 0 Å². The molecule has 0 aliphatic carbocycles. The van der Waals surface area contributed by atoms with Gasteiger partial charge < -0.3 is 4.57 Å². The molecule has 0 unspecified atom stereocenters. The van der Waals surface area contributed by atoms with Crippen LogP contribution < -0.4 is 0 Å². The molecule has 0 atom stereocenters. The van der Waals surface area contributed by atoms with Crippen molar-refractivity contribution in [2.75, 3.05) is 0 Å². The Hall–Kier alpha value is -1.38. The van der Waals surface area contributed by atoms with E-state index in [2.05, 4.69) is 20.8 Å². The van der Waals surface area contributed by atoms with Gasteiger partial charge in [0.25, 0.3) is 0 Å². The van der Waals surface area contributed by atoms with Gasteiger partial charge in [0.2, 0.25) is 0 Å².